The highest BCUT2D eigenvalue weighted by Gasteiger charge is 2.38. The Morgan fingerprint density at radius 3 is 2.16 bits per heavy atom. The van der Waals surface area contributed by atoms with Gasteiger partial charge < -0.3 is 9.47 Å². The van der Waals surface area contributed by atoms with Crippen LogP contribution in [0, 0.1) is 5.41 Å². The zero-order valence-electron chi connectivity index (χ0n) is 15.1. The lowest BCUT2D eigenvalue weighted by Crippen LogP contribution is -2.42. The molecule has 1 heterocycles. The molecule has 3 rings (SSSR count). The van der Waals surface area contributed by atoms with E-state index in [1.165, 1.54) is 0 Å². The van der Waals surface area contributed by atoms with Crippen LogP contribution in [0.25, 0.3) is 0 Å². The molecule has 132 valence electrons. The van der Waals surface area contributed by atoms with Gasteiger partial charge in [-0.1, -0.05) is 81.4 Å². The monoisotopic (exact) mass is 338 g/mol. The molecule has 0 N–H and O–H groups in total. The average Bonchev–Trinajstić information content (AvgIpc) is 2.62. The van der Waals surface area contributed by atoms with Gasteiger partial charge in [0, 0.05) is 23.8 Å². The molecule has 1 aliphatic heterocycles. The molecular weight excluding hydrogens is 312 g/mol. The van der Waals surface area contributed by atoms with E-state index in [1.807, 2.05) is 48.5 Å². The largest absolute Gasteiger partial charge is 0.348 e. The molecule has 2 aromatic rings. The number of benzene rings is 2. The number of carbonyl (C=O) groups is 1. The van der Waals surface area contributed by atoms with Crippen molar-refractivity contribution in [2.45, 2.75) is 52.1 Å². The van der Waals surface area contributed by atoms with Crippen molar-refractivity contribution in [3.8, 4) is 0 Å². The first-order valence-electron chi connectivity index (χ1n) is 8.87. The zero-order chi connectivity index (χ0) is 17.9. The number of hydrogen-bond acceptors (Lipinski definition) is 3. The van der Waals surface area contributed by atoms with Crippen molar-refractivity contribution in [2.24, 2.45) is 5.41 Å². The molecule has 25 heavy (non-hydrogen) atoms. The summed E-state index contributed by atoms with van der Waals surface area (Å²) in [6, 6.07) is 19.6. The lowest BCUT2D eigenvalue weighted by atomic mass is 9.92. The van der Waals surface area contributed by atoms with Crippen molar-refractivity contribution >= 4 is 5.78 Å². The molecule has 0 spiro atoms. The fourth-order valence-electron chi connectivity index (χ4n) is 3.08. The van der Waals surface area contributed by atoms with Crippen molar-refractivity contribution in [2.75, 3.05) is 0 Å². The molecule has 1 fully saturated rings. The molecule has 1 aliphatic rings. The minimum absolute atomic E-state index is 0.0484. The molecule has 0 aromatic heterocycles. The van der Waals surface area contributed by atoms with E-state index in [9.17, 15) is 4.79 Å². The summed E-state index contributed by atoms with van der Waals surface area (Å²) in [5, 5.41) is 0. The van der Waals surface area contributed by atoms with Crippen molar-refractivity contribution in [3.63, 3.8) is 0 Å². The van der Waals surface area contributed by atoms with Gasteiger partial charge in [0.25, 0.3) is 0 Å². The van der Waals surface area contributed by atoms with Gasteiger partial charge in [-0.3, -0.25) is 4.79 Å². The van der Waals surface area contributed by atoms with Crippen LogP contribution in [0.15, 0.2) is 60.7 Å². The molecule has 0 amide bonds. The fraction of sp³-hybridized carbons (Fsp3) is 0.409. The number of carbonyl (C=O) groups excluding carboxylic acids is 1. The summed E-state index contributed by atoms with van der Waals surface area (Å²) in [7, 11) is 0. The van der Waals surface area contributed by atoms with E-state index < -0.39 is 0 Å². The van der Waals surface area contributed by atoms with Gasteiger partial charge in [0.05, 0.1) is 12.2 Å². The van der Waals surface area contributed by atoms with Crippen LogP contribution in [-0.4, -0.2) is 18.2 Å². The molecule has 0 aliphatic carbocycles. The van der Waals surface area contributed by atoms with Crippen molar-refractivity contribution in [3.05, 3.63) is 71.8 Å². The van der Waals surface area contributed by atoms with Gasteiger partial charge in [-0.15, -0.1) is 0 Å². The first-order valence-corrected chi connectivity index (χ1v) is 8.87. The topological polar surface area (TPSA) is 35.5 Å². The van der Waals surface area contributed by atoms with E-state index in [1.54, 1.807) is 0 Å². The number of hydrogen-bond donors (Lipinski definition) is 0. The van der Waals surface area contributed by atoms with Crippen LogP contribution < -0.4 is 0 Å². The minimum atomic E-state index is -0.333. The SMILES string of the molecule is CC(C)(C)[C@@H]1O[C@@H](CC(=O)c2ccccc2)C[C@H](c2ccccc2)O1. The molecule has 0 bridgehead atoms. The Balaban J connectivity index is 1.77. The van der Waals surface area contributed by atoms with Gasteiger partial charge in [0.1, 0.15) is 0 Å². The van der Waals surface area contributed by atoms with E-state index in [4.69, 9.17) is 9.47 Å². The van der Waals surface area contributed by atoms with Crippen LogP contribution in [-0.2, 0) is 9.47 Å². The summed E-state index contributed by atoms with van der Waals surface area (Å²) < 4.78 is 12.4. The Morgan fingerprint density at radius 1 is 0.960 bits per heavy atom. The molecular formula is C22H26O3. The minimum Gasteiger partial charge on any atom is -0.348 e. The van der Waals surface area contributed by atoms with Crippen LogP contribution in [0.3, 0.4) is 0 Å². The predicted octanol–water partition coefficient (Wildman–Crippen LogP) is 5.18. The second-order valence-electron chi connectivity index (χ2n) is 7.72. The average molecular weight is 338 g/mol. The van der Waals surface area contributed by atoms with Crippen LogP contribution in [0.1, 0.15) is 55.6 Å². The summed E-state index contributed by atoms with van der Waals surface area (Å²) >= 11 is 0. The third-order valence-electron chi connectivity index (χ3n) is 4.47. The Morgan fingerprint density at radius 2 is 1.56 bits per heavy atom. The Labute approximate surface area is 150 Å². The van der Waals surface area contributed by atoms with E-state index in [-0.39, 0.29) is 29.7 Å². The van der Waals surface area contributed by atoms with Gasteiger partial charge in [-0.25, -0.2) is 0 Å². The van der Waals surface area contributed by atoms with Crippen molar-refractivity contribution in [1.29, 1.82) is 0 Å². The third-order valence-corrected chi connectivity index (χ3v) is 4.47. The first kappa shape index (κ1) is 17.8. The third kappa shape index (κ3) is 4.56. The number of ether oxygens (including phenoxy) is 2. The standard InChI is InChI=1S/C22H26O3/c1-22(2,3)21-24-18(14-19(23)16-10-6-4-7-11-16)15-20(25-21)17-12-8-5-9-13-17/h4-13,18,20-21H,14-15H2,1-3H3/t18-,20+,21+/m0/s1. The van der Waals surface area contributed by atoms with Gasteiger partial charge in [-0.05, 0) is 5.56 Å². The van der Waals surface area contributed by atoms with Gasteiger partial charge >= 0.3 is 0 Å². The summed E-state index contributed by atoms with van der Waals surface area (Å²) in [6.07, 6.45) is 0.544. The number of ketones is 1. The molecule has 3 atom stereocenters. The van der Waals surface area contributed by atoms with Gasteiger partial charge in [0.15, 0.2) is 12.1 Å². The maximum absolute atomic E-state index is 12.6. The Bertz CT molecular complexity index is 688. The number of rotatable bonds is 4. The summed E-state index contributed by atoms with van der Waals surface area (Å²) in [4.78, 5) is 12.6. The molecule has 3 nitrogen and oxygen atoms in total. The quantitative estimate of drug-likeness (QED) is 0.721. The zero-order valence-corrected chi connectivity index (χ0v) is 15.1. The van der Waals surface area contributed by atoms with Gasteiger partial charge in [0.2, 0.25) is 0 Å². The lowest BCUT2D eigenvalue weighted by Gasteiger charge is -2.41. The molecule has 0 radical (unpaired) electrons. The van der Waals surface area contributed by atoms with E-state index in [0.717, 1.165) is 11.1 Å². The van der Waals surface area contributed by atoms with Crippen molar-refractivity contribution in [1.82, 2.24) is 0 Å². The van der Waals surface area contributed by atoms with E-state index >= 15 is 0 Å². The van der Waals surface area contributed by atoms with Crippen LogP contribution >= 0.6 is 0 Å². The van der Waals surface area contributed by atoms with Crippen molar-refractivity contribution < 1.29 is 14.3 Å². The normalized spacial score (nSPS) is 24.0. The predicted molar refractivity (Wildman–Crippen MR) is 98.4 cm³/mol. The Kier molecular flexibility index (Phi) is 5.36. The summed E-state index contributed by atoms with van der Waals surface area (Å²) in [5.41, 5.74) is 1.72. The van der Waals surface area contributed by atoms with Gasteiger partial charge in [-0.2, -0.15) is 0 Å². The second-order valence-corrected chi connectivity index (χ2v) is 7.72. The fourth-order valence-corrected chi connectivity index (χ4v) is 3.08. The molecule has 1 saturated heterocycles. The maximum Gasteiger partial charge on any atom is 0.165 e. The van der Waals surface area contributed by atoms with E-state index in [2.05, 4.69) is 32.9 Å². The summed E-state index contributed by atoms with van der Waals surface area (Å²) in [6.45, 7) is 6.29. The number of Topliss-reactive ketones (excluding diaryl/α,β-unsaturated/α-hetero) is 1. The molecule has 0 saturated carbocycles. The Hall–Kier alpha value is -1.97. The molecule has 3 heteroatoms. The highest BCUT2D eigenvalue weighted by Crippen LogP contribution is 2.38. The van der Waals surface area contributed by atoms with Crippen LogP contribution in [0.2, 0.25) is 0 Å². The molecule has 2 aromatic carbocycles. The first-order chi connectivity index (χ1) is 11.9. The highest BCUT2D eigenvalue weighted by molar-refractivity contribution is 5.96. The lowest BCUT2D eigenvalue weighted by molar-refractivity contribution is -0.280. The van der Waals surface area contributed by atoms with E-state index in [0.29, 0.717) is 12.8 Å². The summed E-state index contributed by atoms with van der Waals surface area (Å²) in [5.74, 6) is 0.118. The van der Waals surface area contributed by atoms with Crippen LogP contribution in [0.4, 0.5) is 0 Å². The second kappa shape index (κ2) is 7.51. The van der Waals surface area contributed by atoms with Crippen LogP contribution in [0.5, 0.6) is 0 Å². The smallest absolute Gasteiger partial charge is 0.165 e. The maximum atomic E-state index is 12.6. The molecule has 0 unspecified atom stereocenters. The highest BCUT2D eigenvalue weighted by atomic mass is 16.7.